The molecule has 0 aromatic heterocycles. The van der Waals surface area contributed by atoms with Crippen LogP contribution in [0.15, 0.2) is 0 Å². The van der Waals surface area contributed by atoms with Crippen molar-refractivity contribution in [3.8, 4) is 0 Å². The van der Waals surface area contributed by atoms with Gasteiger partial charge in [0.25, 0.3) is 0 Å². The summed E-state index contributed by atoms with van der Waals surface area (Å²) in [6.07, 6.45) is 3.60. The summed E-state index contributed by atoms with van der Waals surface area (Å²) in [6.45, 7) is 7.39. The molecule has 20 heavy (non-hydrogen) atoms. The highest BCUT2D eigenvalue weighted by molar-refractivity contribution is 7.50. The first-order valence-electron chi connectivity index (χ1n) is 7.60. The lowest BCUT2D eigenvalue weighted by atomic mass is 9.92. The van der Waals surface area contributed by atoms with Crippen molar-refractivity contribution in [2.45, 2.75) is 77.6 Å². The summed E-state index contributed by atoms with van der Waals surface area (Å²) in [4.78, 5) is 2.05. The average Bonchev–Trinajstić information content (AvgIpc) is 2.26. The van der Waals surface area contributed by atoms with Crippen molar-refractivity contribution in [1.29, 1.82) is 0 Å². The number of halogens is 1. The minimum atomic E-state index is -4.25. The highest BCUT2D eigenvalue weighted by atomic mass is 31.2. The number of rotatable bonds is 6. The van der Waals surface area contributed by atoms with Crippen LogP contribution in [-0.4, -0.2) is 47.9 Å². The predicted octanol–water partition coefficient (Wildman–Crippen LogP) is 4.07. The Kier molecular flexibility index (Phi) is 6.65. The van der Waals surface area contributed by atoms with E-state index in [1.54, 1.807) is 0 Å². The van der Waals surface area contributed by atoms with Crippen LogP contribution in [0.5, 0.6) is 0 Å². The number of hydrogen-bond acceptors (Lipinski definition) is 3. The minimum absolute atomic E-state index is 0.146. The van der Waals surface area contributed by atoms with Gasteiger partial charge in [0.15, 0.2) is 0 Å². The van der Waals surface area contributed by atoms with Crippen LogP contribution in [0.4, 0.5) is 4.20 Å². The molecular formula is C14H30FN2O2P. The predicted molar refractivity (Wildman–Crippen MR) is 81.6 cm³/mol. The van der Waals surface area contributed by atoms with Gasteiger partial charge < -0.3 is 4.90 Å². The largest absolute Gasteiger partial charge is 0.446 e. The fourth-order valence-corrected chi connectivity index (χ4v) is 4.95. The lowest BCUT2D eigenvalue weighted by Crippen LogP contribution is -2.43. The van der Waals surface area contributed by atoms with Crippen molar-refractivity contribution in [1.82, 2.24) is 9.57 Å². The van der Waals surface area contributed by atoms with Crippen LogP contribution in [0, 0.1) is 0 Å². The van der Waals surface area contributed by atoms with Crippen LogP contribution in [-0.2, 0) is 9.09 Å². The van der Waals surface area contributed by atoms with E-state index in [9.17, 15) is 8.76 Å². The molecule has 1 unspecified atom stereocenters. The van der Waals surface area contributed by atoms with E-state index in [0.29, 0.717) is 0 Å². The Hall–Kier alpha value is 0.0400. The molecule has 0 aromatic rings. The third-order valence-corrected chi connectivity index (χ3v) is 5.94. The van der Waals surface area contributed by atoms with Gasteiger partial charge in [0, 0.05) is 18.1 Å². The molecule has 3 atom stereocenters. The first kappa shape index (κ1) is 18.1. The van der Waals surface area contributed by atoms with Crippen molar-refractivity contribution >= 4 is 7.83 Å². The van der Waals surface area contributed by atoms with Gasteiger partial charge in [-0.15, -0.1) is 4.20 Å². The average molecular weight is 308 g/mol. The molecule has 4 nitrogen and oxygen atoms in total. The van der Waals surface area contributed by atoms with E-state index in [-0.39, 0.29) is 24.2 Å². The lowest BCUT2D eigenvalue weighted by Gasteiger charge is -2.39. The zero-order valence-corrected chi connectivity index (χ0v) is 14.6. The molecule has 0 bridgehead atoms. The van der Waals surface area contributed by atoms with Crippen molar-refractivity contribution in [3.05, 3.63) is 0 Å². The lowest BCUT2D eigenvalue weighted by molar-refractivity contribution is 0.0433. The van der Waals surface area contributed by atoms with Crippen LogP contribution < -0.4 is 0 Å². The second-order valence-corrected chi connectivity index (χ2v) is 8.05. The Morgan fingerprint density at radius 2 is 1.60 bits per heavy atom. The standard InChI is InChI=1S/C14H30FN2O2P/c1-11(2)17(12(3)4)20(15,18)19-14-10-8-7-9-13(14)16(5)6/h11-14H,7-10H2,1-6H3/t13-,14-,20?/m0/s1. The molecule has 0 radical (unpaired) electrons. The molecule has 1 aliphatic rings. The van der Waals surface area contributed by atoms with Crippen molar-refractivity contribution < 1.29 is 13.3 Å². The van der Waals surface area contributed by atoms with Gasteiger partial charge in [-0.3, -0.25) is 4.52 Å². The maximum absolute atomic E-state index is 14.7. The Morgan fingerprint density at radius 1 is 1.10 bits per heavy atom. The fraction of sp³-hybridized carbons (Fsp3) is 1.00. The SMILES string of the molecule is CC(C)N(C(C)C)P(=O)(F)O[C@H]1CCCC[C@@H]1N(C)C. The number of likely N-dealkylation sites (N-methyl/N-ethyl adjacent to an activating group) is 1. The summed E-state index contributed by atoms with van der Waals surface area (Å²) in [5.74, 6) is 0. The van der Waals surface area contributed by atoms with Gasteiger partial charge in [-0.2, -0.15) is 0 Å². The highest BCUT2D eigenvalue weighted by Crippen LogP contribution is 2.57. The van der Waals surface area contributed by atoms with Crippen molar-refractivity contribution in [2.24, 2.45) is 0 Å². The molecule has 1 fully saturated rings. The summed E-state index contributed by atoms with van der Waals surface area (Å²) in [7, 11) is -0.313. The molecule has 6 heteroatoms. The first-order chi connectivity index (χ1) is 9.16. The van der Waals surface area contributed by atoms with E-state index in [0.717, 1.165) is 25.7 Å². The molecule has 1 saturated carbocycles. The summed E-state index contributed by atoms with van der Waals surface area (Å²) in [5, 5.41) is 0. The zero-order valence-electron chi connectivity index (χ0n) is 13.7. The fourth-order valence-electron chi connectivity index (χ4n) is 3.16. The maximum atomic E-state index is 14.7. The van der Waals surface area contributed by atoms with Crippen LogP contribution in [0.1, 0.15) is 53.4 Å². The molecule has 1 rings (SSSR count). The maximum Gasteiger partial charge on any atom is 0.446 e. The first-order valence-corrected chi connectivity index (χ1v) is 9.07. The summed E-state index contributed by atoms with van der Waals surface area (Å²) < 4.78 is 34.1. The Morgan fingerprint density at radius 3 is 2.05 bits per heavy atom. The van der Waals surface area contributed by atoms with E-state index in [2.05, 4.69) is 4.90 Å². The van der Waals surface area contributed by atoms with Gasteiger partial charge in [0.05, 0.1) is 6.10 Å². The molecular weight excluding hydrogens is 278 g/mol. The smallest absolute Gasteiger partial charge is 0.304 e. The molecule has 0 heterocycles. The van der Waals surface area contributed by atoms with E-state index < -0.39 is 7.83 Å². The summed E-state index contributed by atoms with van der Waals surface area (Å²) in [5.41, 5.74) is 0. The van der Waals surface area contributed by atoms with E-state index in [4.69, 9.17) is 4.52 Å². The molecule has 120 valence electrons. The molecule has 0 aromatic carbocycles. The highest BCUT2D eigenvalue weighted by Gasteiger charge is 2.41. The van der Waals surface area contributed by atoms with Gasteiger partial charge in [-0.1, -0.05) is 12.8 Å². The monoisotopic (exact) mass is 308 g/mol. The topological polar surface area (TPSA) is 32.8 Å². The van der Waals surface area contributed by atoms with Gasteiger partial charge >= 0.3 is 7.83 Å². The number of hydrogen-bond donors (Lipinski definition) is 0. The van der Waals surface area contributed by atoms with Crippen LogP contribution in [0.2, 0.25) is 0 Å². The third kappa shape index (κ3) is 4.52. The van der Waals surface area contributed by atoms with Crippen molar-refractivity contribution in [3.63, 3.8) is 0 Å². The molecule has 0 amide bonds. The van der Waals surface area contributed by atoms with Gasteiger partial charge in [-0.05, 0) is 54.6 Å². The second-order valence-electron chi connectivity index (χ2n) is 6.48. The molecule has 0 spiro atoms. The van der Waals surface area contributed by atoms with E-state index >= 15 is 0 Å². The third-order valence-electron chi connectivity index (χ3n) is 3.93. The van der Waals surface area contributed by atoms with E-state index in [1.807, 2.05) is 41.8 Å². The molecule has 0 saturated heterocycles. The summed E-state index contributed by atoms with van der Waals surface area (Å²) in [6, 6.07) is -0.145. The normalized spacial score (nSPS) is 27.6. The molecule has 0 aliphatic heterocycles. The Labute approximate surface area is 123 Å². The van der Waals surface area contributed by atoms with Gasteiger partial charge in [0.1, 0.15) is 0 Å². The van der Waals surface area contributed by atoms with Crippen LogP contribution in [0.3, 0.4) is 0 Å². The van der Waals surface area contributed by atoms with Crippen LogP contribution in [0.25, 0.3) is 0 Å². The van der Waals surface area contributed by atoms with Crippen molar-refractivity contribution in [2.75, 3.05) is 14.1 Å². The number of nitrogens with zero attached hydrogens (tertiary/aromatic N) is 2. The second kappa shape index (κ2) is 7.35. The van der Waals surface area contributed by atoms with Gasteiger partial charge in [-0.25, -0.2) is 9.24 Å². The minimum Gasteiger partial charge on any atom is -0.304 e. The quantitative estimate of drug-likeness (QED) is 0.692. The zero-order chi connectivity index (χ0) is 15.5. The molecule has 1 aliphatic carbocycles. The Balaban J connectivity index is 2.84. The van der Waals surface area contributed by atoms with Gasteiger partial charge in [0.2, 0.25) is 0 Å². The summed E-state index contributed by atoms with van der Waals surface area (Å²) >= 11 is 0. The van der Waals surface area contributed by atoms with Crippen LogP contribution >= 0.6 is 7.83 Å². The van der Waals surface area contributed by atoms with E-state index in [1.165, 1.54) is 4.67 Å². The molecule has 0 N–H and O–H groups in total. The Bertz CT molecular complexity index is 342.